The van der Waals surface area contributed by atoms with Gasteiger partial charge in [-0.1, -0.05) is 25.1 Å². The third-order valence-corrected chi connectivity index (χ3v) is 4.08. The van der Waals surface area contributed by atoms with Crippen molar-refractivity contribution in [2.75, 3.05) is 13.1 Å². The molecule has 114 valence electrons. The van der Waals surface area contributed by atoms with E-state index >= 15 is 0 Å². The Hall–Kier alpha value is -1.84. The lowest BCUT2D eigenvalue weighted by Gasteiger charge is -2.35. The summed E-state index contributed by atoms with van der Waals surface area (Å²) >= 11 is 0. The van der Waals surface area contributed by atoms with Gasteiger partial charge in [-0.3, -0.25) is 9.59 Å². The molecule has 1 atom stereocenters. The summed E-state index contributed by atoms with van der Waals surface area (Å²) in [5, 5.41) is 2.82. The van der Waals surface area contributed by atoms with Crippen LogP contribution < -0.4 is 5.32 Å². The Morgan fingerprint density at radius 3 is 2.71 bits per heavy atom. The number of nitrogens with zero attached hydrogens (tertiary/aromatic N) is 1. The Bertz CT molecular complexity index is 473. The van der Waals surface area contributed by atoms with E-state index in [0.29, 0.717) is 24.6 Å². The summed E-state index contributed by atoms with van der Waals surface area (Å²) in [6.07, 6.45) is 4.82. The summed E-state index contributed by atoms with van der Waals surface area (Å²) in [5.74, 6) is 0.0454. The lowest BCUT2D eigenvalue weighted by molar-refractivity contribution is -0.134. The van der Waals surface area contributed by atoms with Crippen molar-refractivity contribution in [3.05, 3.63) is 35.9 Å². The van der Waals surface area contributed by atoms with E-state index in [9.17, 15) is 9.59 Å². The zero-order valence-corrected chi connectivity index (χ0v) is 12.7. The predicted octanol–water partition coefficient (Wildman–Crippen LogP) is 2.60. The van der Waals surface area contributed by atoms with Crippen molar-refractivity contribution in [3.63, 3.8) is 0 Å². The molecule has 0 bridgehead atoms. The van der Waals surface area contributed by atoms with Crippen LogP contribution >= 0.6 is 0 Å². The minimum absolute atomic E-state index is 0.117. The van der Waals surface area contributed by atoms with Crippen LogP contribution in [-0.2, 0) is 4.79 Å². The lowest BCUT2D eigenvalue weighted by Crippen LogP contribution is -2.44. The standard InChI is InChI=1S/C17H24N2O2/c1-2-15-10-6-7-13-19(15)16(20)11-12-18-17(21)14-8-4-3-5-9-14/h3-5,8-9,15H,2,6-7,10-13H2,1H3,(H,18,21)/t15-/m1/s1. The highest BCUT2D eigenvalue weighted by Crippen LogP contribution is 2.20. The molecule has 2 rings (SSSR count). The highest BCUT2D eigenvalue weighted by atomic mass is 16.2. The summed E-state index contributed by atoms with van der Waals surface area (Å²) in [5.41, 5.74) is 0.634. The summed E-state index contributed by atoms with van der Waals surface area (Å²) in [7, 11) is 0. The third-order valence-electron chi connectivity index (χ3n) is 4.08. The molecule has 1 N–H and O–H groups in total. The molecule has 1 aliphatic rings. The maximum absolute atomic E-state index is 12.3. The number of carbonyl (C=O) groups excluding carboxylic acids is 2. The van der Waals surface area contributed by atoms with E-state index in [-0.39, 0.29) is 11.8 Å². The number of hydrogen-bond donors (Lipinski definition) is 1. The summed E-state index contributed by atoms with van der Waals surface area (Å²) in [4.78, 5) is 26.1. The van der Waals surface area contributed by atoms with Crippen molar-refractivity contribution in [2.24, 2.45) is 0 Å². The van der Waals surface area contributed by atoms with Crippen molar-refractivity contribution in [2.45, 2.75) is 45.1 Å². The number of nitrogens with one attached hydrogen (secondary N) is 1. The zero-order chi connectivity index (χ0) is 15.1. The van der Waals surface area contributed by atoms with Gasteiger partial charge < -0.3 is 10.2 Å². The van der Waals surface area contributed by atoms with Gasteiger partial charge in [0.15, 0.2) is 0 Å². The topological polar surface area (TPSA) is 49.4 Å². The molecule has 1 saturated heterocycles. The van der Waals surface area contributed by atoms with Crippen LogP contribution in [0.3, 0.4) is 0 Å². The fourth-order valence-corrected chi connectivity index (χ4v) is 2.87. The third kappa shape index (κ3) is 4.31. The number of piperidine rings is 1. The molecule has 1 aromatic carbocycles. The van der Waals surface area contributed by atoms with Crippen LogP contribution in [-0.4, -0.2) is 35.8 Å². The van der Waals surface area contributed by atoms with Gasteiger partial charge in [-0.25, -0.2) is 0 Å². The number of carbonyl (C=O) groups is 2. The van der Waals surface area contributed by atoms with E-state index in [2.05, 4.69) is 12.2 Å². The first-order valence-electron chi connectivity index (χ1n) is 7.85. The van der Waals surface area contributed by atoms with Crippen molar-refractivity contribution in [3.8, 4) is 0 Å². The van der Waals surface area contributed by atoms with Crippen LogP contribution in [0.15, 0.2) is 30.3 Å². The average Bonchev–Trinajstić information content (AvgIpc) is 2.55. The molecule has 0 unspecified atom stereocenters. The van der Waals surface area contributed by atoms with Crippen molar-refractivity contribution in [1.29, 1.82) is 0 Å². The average molecular weight is 288 g/mol. The van der Waals surface area contributed by atoms with E-state index < -0.39 is 0 Å². The molecule has 0 spiro atoms. The molecule has 2 amide bonds. The first-order valence-corrected chi connectivity index (χ1v) is 7.85. The van der Waals surface area contributed by atoms with Gasteiger partial charge in [0.05, 0.1) is 0 Å². The first kappa shape index (κ1) is 15.5. The molecule has 0 saturated carbocycles. The summed E-state index contributed by atoms with van der Waals surface area (Å²) < 4.78 is 0. The molecule has 4 nitrogen and oxygen atoms in total. The number of rotatable bonds is 5. The molecule has 0 aliphatic carbocycles. The van der Waals surface area contributed by atoms with Gasteiger partial charge in [0.25, 0.3) is 5.91 Å². The second-order valence-electron chi connectivity index (χ2n) is 5.52. The Morgan fingerprint density at radius 2 is 2.00 bits per heavy atom. The van der Waals surface area contributed by atoms with Gasteiger partial charge in [0, 0.05) is 31.1 Å². The highest BCUT2D eigenvalue weighted by molar-refractivity contribution is 5.94. The fourth-order valence-electron chi connectivity index (χ4n) is 2.87. The van der Waals surface area contributed by atoms with Crippen LogP contribution in [0.1, 0.15) is 49.4 Å². The quantitative estimate of drug-likeness (QED) is 0.905. The van der Waals surface area contributed by atoms with Crippen LogP contribution in [0.5, 0.6) is 0 Å². The number of amides is 2. The molecule has 0 aromatic heterocycles. The Labute approximate surface area is 126 Å². The smallest absolute Gasteiger partial charge is 0.251 e. The van der Waals surface area contributed by atoms with Crippen molar-refractivity contribution >= 4 is 11.8 Å². The molecular formula is C17H24N2O2. The second kappa shape index (κ2) is 7.81. The molecule has 1 heterocycles. The number of likely N-dealkylation sites (tertiary alicyclic amines) is 1. The molecule has 1 aliphatic heterocycles. The predicted molar refractivity (Wildman–Crippen MR) is 83.0 cm³/mol. The number of benzene rings is 1. The highest BCUT2D eigenvalue weighted by Gasteiger charge is 2.24. The van der Waals surface area contributed by atoms with Gasteiger partial charge in [-0.2, -0.15) is 0 Å². The molecule has 1 fully saturated rings. The summed E-state index contributed by atoms with van der Waals surface area (Å²) in [6.45, 7) is 3.40. The van der Waals surface area contributed by atoms with Gasteiger partial charge in [-0.05, 0) is 37.8 Å². The van der Waals surface area contributed by atoms with E-state index in [4.69, 9.17) is 0 Å². The number of hydrogen-bond acceptors (Lipinski definition) is 2. The molecule has 4 heteroatoms. The van der Waals surface area contributed by atoms with Gasteiger partial charge in [-0.15, -0.1) is 0 Å². The lowest BCUT2D eigenvalue weighted by atomic mass is 9.99. The maximum atomic E-state index is 12.3. The van der Waals surface area contributed by atoms with Gasteiger partial charge in [0.2, 0.25) is 5.91 Å². The fraction of sp³-hybridized carbons (Fsp3) is 0.529. The summed E-state index contributed by atoms with van der Waals surface area (Å²) in [6, 6.07) is 9.47. The van der Waals surface area contributed by atoms with Crippen molar-refractivity contribution in [1.82, 2.24) is 10.2 Å². The largest absolute Gasteiger partial charge is 0.352 e. The van der Waals surface area contributed by atoms with Crippen LogP contribution in [0, 0.1) is 0 Å². The normalized spacial score (nSPS) is 18.3. The Kier molecular flexibility index (Phi) is 5.78. The molecular weight excluding hydrogens is 264 g/mol. The van der Waals surface area contributed by atoms with Crippen LogP contribution in [0.25, 0.3) is 0 Å². The minimum atomic E-state index is -0.117. The van der Waals surface area contributed by atoms with Gasteiger partial charge in [0.1, 0.15) is 0 Å². The van der Waals surface area contributed by atoms with Crippen LogP contribution in [0.4, 0.5) is 0 Å². The van der Waals surface area contributed by atoms with E-state index in [1.807, 2.05) is 23.1 Å². The van der Waals surface area contributed by atoms with Gasteiger partial charge >= 0.3 is 0 Å². The minimum Gasteiger partial charge on any atom is -0.352 e. The zero-order valence-electron chi connectivity index (χ0n) is 12.7. The Morgan fingerprint density at radius 1 is 1.24 bits per heavy atom. The Balaban J connectivity index is 1.77. The van der Waals surface area contributed by atoms with E-state index in [0.717, 1.165) is 25.8 Å². The van der Waals surface area contributed by atoms with E-state index in [1.165, 1.54) is 6.42 Å². The molecule has 1 aromatic rings. The van der Waals surface area contributed by atoms with Crippen LogP contribution in [0.2, 0.25) is 0 Å². The monoisotopic (exact) mass is 288 g/mol. The second-order valence-corrected chi connectivity index (χ2v) is 5.52. The molecule has 21 heavy (non-hydrogen) atoms. The first-order chi connectivity index (χ1) is 10.2. The SMILES string of the molecule is CC[C@@H]1CCCCN1C(=O)CCNC(=O)c1ccccc1. The maximum Gasteiger partial charge on any atom is 0.251 e. The van der Waals surface area contributed by atoms with Crippen molar-refractivity contribution < 1.29 is 9.59 Å². The molecule has 0 radical (unpaired) electrons. The van der Waals surface area contributed by atoms with E-state index in [1.54, 1.807) is 12.1 Å².